The summed E-state index contributed by atoms with van der Waals surface area (Å²) in [5.74, 6) is -4.61. The van der Waals surface area contributed by atoms with Crippen LogP contribution in [0.4, 0.5) is 14.5 Å². The van der Waals surface area contributed by atoms with Gasteiger partial charge in [-0.1, -0.05) is 19.9 Å². The molecule has 0 amide bonds. The molecule has 62 heavy (non-hydrogen) atoms. The molecule has 0 aromatic heterocycles. The van der Waals surface area contributed by atoms with Gasteiger partial charge < -0.3 is 53.2 Å². The molecule has 6 aliphatic rings. The molecule has 1 aromatic carbocycles. The van der Waals surface area contributed by atoms with Gasteiger partial charge in [0.15, 0.2) is 18.4 Å². The molecule has 348 valence electrons. The van der Waals surface area contributed by atoms with Crippen LogP contribution in [0.1, 0.15) is 85.5 Å². The van der Waals surface area contributed by atoms with E-state index in [0.717, 1.165) is 12.5 Å². The molecule has 3 unspecified atom stereocenters. The van der Waals surface area contributed by atoms with Crippen molar-refractivity contribution < 1.29 is 61.4 Å². The number of rotatable bonds is 11. The number of likely N-dealkylation sites (N-methyl/N-ethyl adjacent to an activating group) is 1. The van der Waals surface area contributed by atoms with Crippen LogP contribution in [0, 0.1) is 47.1 Å². The molecule has 1 aromatic rings. The fourth-order valence-electron chi connectivity index (χ4n) is 12.0. The van der Waals surface area contributed by atoms with Crippen molar-refractivity contribution in [2.24, 2.45) is 35.5 Å². The number of Topliss-reactive ketones (excluding diaryl/α,β-unsaturated/α-hetero) is 1. The summed E-state index contributed by atoms with van der Waals surface area (Å²) < 4.78 is 79.1. The van der Waals surface area contributed by atoms with Crippen molar-refractivity contribution in [3.63, 3.8) is 0 Å². The summed E-state index contributed by atoms with van der Waals surface area (Å²) in [7, 11) is 8.87. The van der Waals surface area contributed by atoms with Crippen LogP contribution in [0.2, 0.25) is 0 Å². The van der Waals surface area contributed by atoms with Crippen molar-refractivity contribution in [1.82, 2.24) is 4.90 Å². The highest BCUT2D eigenvalue weighted by atomic mass is 19.1. The number of carbonyl (C=O) groups is 2. The molecule has 0 bridgehead atoms. The van der Waals surface area contributed by atoms with Gasteiger partial charge in [0.25, 0.3) is 0 Å². The van der Waals surface area contributed by atoms with Crippen molar-refractivity contribution in [2.75, 3.05) is 40.7 Å². The Hall–Kier alpha value is -2.60. The predicted octanol–water partition coefficient (Wildman–Crippen LogP) is 6.05. The molecular formula is C47H70F2N2O11. The fourth-order valence-corrected chi connectivity index (χ4v) is 12.0. The summed E-state index contributed by atoms with van der Waals surface area (Å²) >= 11 is 0. The molecular weight excluding hydrogens is 807 g/mol. The minimum Gasteiger partial charge on any atom is -0.462 e. The highest BCUT2D eigenvalue weighted by molar-refractivity contribution is 5.99. The normalized spacial score (nSPS) is 42.9. The number of methoxy groups -OCH3 is 3. The molecule has 15 heteroatoms. The Morgan fingerprint density at radius 1 is 0.855 bits per heavy atom. The molecule has 19 atom stereocenters. The van der Waals surface area contributed by atoms with Crippen LogP contribution in [0.15, 0.2) is 29.8 Å². The van der Waals surface area contributed by atoms with Crippen LogP contribution in [-0.2, 0) is 47.5 Å². The largest absolute Gasteiger partial charge is 0.462 e. The van der Waals surface area contributed by atoms with E-state index in [2.05, 4.69) is 17.1 Å². The molecule has 2 saturated carbocycles. The molecule has 3 saturated heterocycles. The lowest BCUT2D eigenvalue weighted by Crippen LogP contribution is -2.59. The number of anilines is 1. The maximum atomic E-state index is 15.0. The summed E-state index contributed by atoms with van der Waals surface area (Å²) in [6, 6.07) is 2.77. The van der Waals surface area contributed by atoms with Gasteiger partial charge in [-0.3, -0.25) is 9.59 Å². The van der Waals surface area contributed by atoms with Gasteiger partial charge in [-0.15, -0.1) is 0 Å². The number of allylic oxidation sites excluding steroid dienone is 2. The number of nitrogens with one attached hydrogen (secondary N) is 1. The lowest BCUT2D eigenvalue weighted by Gasteiger charge is -2.47. The van der Waals surface area contributed by atoms with Crippen LogP contribution in [0.3, 0.4) is 0 Å². The smallest absolute Gasteiger partial charge is 0.306 e. The third-order valence-corrected chi connectivity index (χ3v) is 15.1. The Balaban J connectivity index is 1.21. The van der Waals surface area contributed by atoms with Gasteiger partial charge in [0.1, 0.15) is 36.1 Å². The van der Waals surface area contributed by atoms with Crippen molar-refractivity contribution in [3.8, 4) is 0 Å². The molecule has 3 aliphatic carbocycles. The first-order valence-electron chi connectivity index (χ1n) is 22.9. The number of aliphatic hydroxyl groups excluding tert-OH is 1. The van der Waals surface area contributed by atoms with Crippen molar-refractivity contribution >= 4 is 17.4 Å². The number of ether oxygens (including phenoxy) is 8. The van der Waals surface area contributed by atoms with E-state index in [1.807, 2.05) is 40.9 Å². The van der Waals surface area contributed by atoms with E-state index in [1.165, 1.54) is 12.1 Å². The van der Waals surface area contributed by atoms with Crippen molar-refractivity contribution in [2.45, 2.75) is 165 Å². The predicted molar refractivity (Wildman–Crippen MR) is 225 cm³/mol. The highest BCUT2D eigenvalue weighted by Crippen LogP contribution is 2.57. The lowest BCUT2D eigenvalue weighted by molar-refractivity contribution is -0.314. The van der Waals surface area contributed by atoms with E-state index in [9.17, 15) is 18.7 Å². The van der Waals surface area contributed by atoms with Crippen molar-refractivity contribution in [3.05, 3.63) is 41.5 Å². The molecule has 2 N–H and O–H groups in total. The fraction of sp³-hybridized carbons (Fsp3) is 0.787. The maximum Gasteiger partial charge on any atom is 0.306 e. The topological polar surface area (TPSA) is 143 Å². The Morgan fingerprint density at radius 2 is 1.55 bits per heavy atom. The van der Waals surface area contributed by atoms with Gasteiger partial charge in [-0.05, 0) is 115 Å². The lowest BCUT2D eigenvalue weighted by atomic mass is 9.62. The number of hydrogen-bond acceptors (Lipinski definition) is 13. The zero-order valence-electron chi connectivity index (χ0n) is 37.9. The zero-order chi connectivity index (χ0) is 44.6. The van der Waals surface area contributed by atoms with E-state index in [-0.39, 0.29) is 66.1 Å². The Kier molecular flexibility index (Phi) is 15.5. The average molecular weight is 877 g/mol. The second-order valence-corrected chi connectivity index (χ2v) is 18.9. The zero-order valence-corrected chi connectivity index (χ0v) is 37.9. The monoisotopic (exact) mass is 876 g/mol. The van der Waals surface area contributed by atoms with E-state index in [1.54, 1.807) is 21.3 Å². The standard InChI is InChI=1S/C47H70F2N2O11/c1-10-29-12-11-13-37(62-39-15-14-36(51(5)6)24(3)58-39)23(2)42(53)35-21-32-31-19-30(61-47-46(57-9)45(56-8)44(55-7)25(4)59-47)20-34(31)41(50-28-17-26(48)16-27(49)18-28)43(54)40(32)33(35)22-38(52)60-29/h16-18,21,23-25,29-34,36-37,39-41,43-47,50,54H,10-15,19-20,22H2,1-9H3/t23-,24?,25?,29+,30+,31+,32+,33-,34-,36+,37+,39+,40-,41+,43+,44+,45?,46+,47+/m1/s1. The van der Waals surface area contributed by atoms with Gasteiger partial charge >= 0.3 is 5.97 Å². The molecule has 0 spiro atoms. The number of ketones is 1. The Bertz CT molecular complexity index is 1720. The maximum absolute atomic E-state index is 15.0. The number of carbonyl (C=O) groups excluding carboxylic acids is 2. The van der Waals surface area contributed by atoms with Crippen LogP contribution in [0.5, 0.6) is 0 Å². The van der Waals surface area contributed by atoms with E-state index in [0.29, 0.717) is 50.5 Å². The number of benzene rings is 1. The van der Waals surface area contributed by atoms with Gasteiger partial charge in [0.05, 0.1) is 43.0 Å². The van der Waals surface area contributed by atoms with Crippen LogP contribution in [0.25, 0.3) is 0 Å². The molecule has 3 heterocycles. The van der Waals surface area contributed by atoms with Gasteiger partial charge in [0.2, 0.25) is 0 Å². The van der Waals surface area contributed by atoms with Gasteiger partial charge in [0, 0.05) is 56.9 Å². The molecule has 7 rings (SSSR count). The highest BCUT2D eigenvalue weighted by Gasteiger charge is 2.60. The Morgan fingerprint density at radius 3 is 2.19 bits per heavy atom. The SMILES string of the molecule is CC[C@H]1CCC[C@H](O[C@H]2CC[C@H](N(C)C)C(C)O2)[C@@H](C)C(=O)C2=C[C@H]3[C@@H]4C[C@H](O[C@@H]5OC(C)[C@H](OC)C(OC)[C@@H]5OC)C[C@H]4[C@H](Nc4cc(F)cc(F)c4)[C@@H](O)[C@H]3[C@@H]2CC(=O)O1. The van der Waals surface area contributed by atoms with Gasteiger partial charge in [-0.2, -0.15) is 0 Å². The molecule has 0 radical (unpaired) electrons. The summed E-state index contributed by atoms with van der Waals surface area (Å²) in [5.41, 5.74) is 0.677. The van der Waals surface area contributed by atoms with Crippen molar-refractivity contribution in [1.29, 1.82) is 0 Å². The van der Waals surface area contributed by atoms with Gasteiger partial charge in [-0.25, -0.2) is 8.78 Å². The second-order valence-electron chi connectivity index (χ2n) is 18.9. The number of esters is 1. The van der Waals surface area contributed by atoms with Crippen LogP contribution < -0.4 is 5.32 Å². The van der Waals surface area contributed by atoms with E-state index >= 15 is 4.79 Å². The third-order valence-electron chi connectivity index (χ3n) is 15.1. The average Bonchev–Trinajstić information content (AvgIpc) is 3.81. The summed E-state index contributed by atoms with van der Waals surface area (Å²) in [5, 5.41) is 16.0. The van der Waals surface area contributed by atoms with E-state index in [4.69, 9.17) is 37.9 Å². The molecule has 13 nitrogen and oxygen atoms in total. The van der Waals surface area contributed by atoms with Crippen LogP contribution in [-0.4, -0.2) is 137 Å². The summed E-state index contributed by atoms with van der Waals surface area (Å²) in [4.78, 5) is 31.1. The Labute approximate surface area is 365 Å². The minimum absolute atomic E-state index is 0.0499. The number of nitrogens with zero attached hydrogens (tertiary/aromatic N) is 1. The van der Waals surface area contributed by atoms with E-state index < -0.39 is 84.5 Å². The molecule has 3 aliphatic heterocycles. The van der Waals surface area contributed by atoms with Crippen LogP contribution >= 0.6 is 0 Å². The quantitative estimate of drug-likeness (QED) is 0.250. The number of hydrogen-bond donors (Lipinski definition) is 2. The number of aliphatic hydroxyl groups is 1. The second kappa shape index (κ2) is 20.3. The number of fused-ring (bicyclic) bond motifs is 5. The number of halogens is 2. The first-order valence-corrected chi connectivity index (χ1v) is 22.9. The summed E-state index contributed by atoms with van der Waals surface area (Å²) in [6.45, 7) is 7.85. The minimum atomic E-state index is -1.12. The first kappa shape index (κ1) is 47.4. The first-order chi connectivity index (χ1) is 29.6. The summed E-state index contributed by atoms with van der Waals surface area (Å²) in [6.07, 6.45) is 1.63. The molecule has 5 fully saturated rings. The third kappa shape index (κ3) is 9.81. The number of cyclic esters (lactones) is 1.